The Morgan fingerprint density at radius 2 is 2.22 bits per heavy atom. The van der Waals surface area contributed by atoms with Crippen molar-refractivity contribution in [1.29, 1.82) is 0 Å². The Kier molecular flexibility index (Phi) is 4.14. The molecule has 2 nitrogen and oxygen atoms in total. The van der Waals surface area contributed by atoms with Crippen LogP contribution in [0.2, 0.25) is 0 Å². The fourth-order valence-corrected chi connectivity index (χ4v) is 0.669. The van der Waals surface area contributed by atoms with Gasteiger partial charge in [-0.25, -0.2) is 0 Å². The smallest absolute Gasteiger partial charge is 0.0786 e. The van der Waals surface area contributed by atoms with E-state index < -0.39 is 0 Å². The minimum absolute atomic E-state index is 0.415. The molecule has 9 heavy (non-hydrogen) atoms. The van der Waals surface area contributed by atoms with Gasteiger partial charge in [-0.05, 0) is 24.5 Å². The van der Waals surface area contributed by atoms with Crippen molar-refractivity contribution in [2.24, 2.45) is 11.7 Å². The zero-order valence-corrected chi connectivity index (χ0v) is 6.09. The largest absolute Gasteiger partial charge is 0.516 e. The predicted octanol–water partition coefficient (Wildman–Crippen LogP) is 1.43. The van der Waals surface area contributed by atoms with Gasteiger partial charge in [0.25, 0.3) is 0 Å². The molecule has 0 spiro atoms. The zero-order chi connectivity index (χ0) is 7.28. The minimum Gasteiger partial charge on any atom is -0.516 e. The van der Waals surface area contributed by atoms with Crippen molar-refractivity contribution in [2.75, 3.05) is 6.54 Å². The van der Waals surface area contributed by atoms with E-state index in [9.17, 15) is 0 Å². The monoisotopic (exact) mass is 129 g/mol. The van der Waals surface area contributed by atoms with Gasteiger partial charge in [0, 0.05) is 0 Å². The van der Waals surface area contributed by atoms with Crippen molar-refractivity contribution >= 4 is 0 Å². The van der Waals surface area contributed by atoms with E-state index in [4.69, 9.17) is 10.8 Å². The van der Waals surface area contributed by atoms with Gasteiger partial charge in [0.1, 0.15) is 0 Å². The Morgan fingerprint density at radius 1 is 1.67 bits per heavy atom. The molecule has 0 aromatic rings. The van der Waals surface area contributed by atoms with Gasteiger partial charge >= 0.3 is 0 Å². The maximum absolute atomic E-state index is 8.61. The number of nitrogens with two attached hydrogens (primary N) is 1. The Bertz CT molecular complexity index is 97.1. The van der Waals surface area contributed by atoms with Gasteiger partial charge in [-0.2, -0.15) is 0 Å². The molecule has 0 saturated carbocycles. The van der Waals surface area contributed by atoms with E-state index in [-0.39, 0.29) is 0 Å². The van der Waals surface area contributed by atoms with E-state index in [2.05, 4.69) is 0 Å². The highest BCUT2D eigenvalue weighted by atomic mass is 16.2. The minimum atomic E-state index is 0.415. The van der Waals surface area contributed by atoms with Crippen molar-refractivity contribution in [1.82, 2.24) is 0 Å². The zero-order valence-electron chi connectivity index (χ0n) is 6.09. The average molecular weight is 129 g/mol. The van der Waals surface area contributed by atoms with E-state index in [1.165, 1.54) is 0 Å². The first-order valence-corrected chi connectivity index (χ1v) is 3.25. The molecule has 54 valence electrons. The third-order valence-electron chi connectivity index (χ3n) is 1.34. The average Bonchev–Trinajstić information content (AvgIpc) is 1.82. The van der Waals surface area contributed by atoms with Crippen LogP contribution in [0.1, 0.15) is 20.3 Å². The van der Waals surface area contributed by atoms with E-state index in [0.717, 1.165) is 18.3 Å². The molecule has 0 aliphatic carbocycles. The molecule has 0 amide bonds. The molecule has 0 saturated heterocycles. The molecule has 0 aromatic heterocycles. The molecule has 0 heterocycles. The van der Waals surface area contributed by atoms with Crippen LogP contribution < -0.4 is 5.73 Å². The van der Waals surface area contributed by atoms with Crippen LogP contribution in [0.4, 0.5) is 0 Å². The maximum Gasteiger partial charge on any atom is 0.0786 e. The number of hydrogen-bond acceptors (Lipinski definition) is 2. The second-order valence-electron chi connectivity index (χ2n) is 2.40. The van der Waals surface area contributed by atoms with Crippen LogP contribution in [-0.4, -0.2) is 11.7 Å². The Balaban J connectivity index is 3.70. The van der Waals surface area contributed by atoms with Crippen molar-refractivity contribution in [3.05, 3.63) is 11.8 Å². The molecule has 3 N–H and O–H groups in total. The predicted molar refractivity (Wildman–Crippen MR) is 39.2 cm³/mol. The lowest BCUT2D eigenvalue weighted by molar-refractivity contribution is 0.454. The maximum atomic E-state index is 8.61. The lowest BCUT2D eigenvalue weighted by Gasteiger charge is -2.06. The first-order chi connectivity index (χ1) is 4.22. The summed E-state index contributed by atoms with van der Waals surface area (Å²) in [6.07, 6.45) is 1.96. The van der Waals surface area contributed by atoms with E-state index in [0.29, 0.717) is 12.5 Å². The fourth-order valence-electron chi connectivity index (χ4n) is 0.669. The summed E-state index contributed by atoms with van der Waals surface area (Å²) in [5, 5.41) is 8.61. The molecule has 0 aliphatic rings. The summed E-state index contributed by atoms with van der Waals surface area (Å²) in [5.41, 5.74) is 6.32. The van der Waals surface area contributed by atoms with Crippen molar-refractivity contribution in [3.63, 3.8) is 0 Å². The number of aliphatic hydroxyl groups excluding tert-OH is 1. The van der Waals surface area contributed by atoms with Crippen LogP contribution >= 0.6 is 0 Å². The summed E-state index contributed by atoms with van der Waals surface area (Å²) in [7, 11) is 0. The molecule has 0 radical (unpaired) electrons. The van der Waals surface area contributed by atoms with Crippen LogP contribution in [0.15, 0.2) is 11.8 Å². The van der Waals surface area contributed by atoms with Crippen molar-refractivity contribution in [2.45, 2.75) is 20.3 Å². The number of rotatable bonds is 3. The summed E-state index contributed by atoms with van der Waals surface area (Å²) in [4.78, 5) is 0. The summed E-state index contributed by atoms with van der Waals surface area (Å²) >= 11 is 0. The molecule has 0 aromatic carbocycles. The highest BCUT2D eigenvalue weighted by molar-refractivity contribution is 5.00. The quantitative estimate of drug-likeness (QED) is 0.566. The van der Waals surface area contributed by atoms with E-state index in [1.807, 2.05) is 13.8 Å². The van der Waals surface area contributed by atoms with Gasteiger partial charge in [0.2, 0.25) is 0 Å². The van der Waals surface area contributed by atoms with Gasteiger partial charge in [-0.3, -0.25) is 0 Å². The summed E-state index contributed by atoms with van der Waals surface area (Å²) in [6, 6.07) is 0. The van der Waals surface area contributed by atoms with Crippen LogP contribution in [0.25, 0.3) is 0 Å². The molecular weight excluding hydrogens is 114 g/mol. The van der Waals surface area contributed by atoms with E-state index in [1.54, 1.807) is 0 Å². The fraction of sp³-hybridized carbons (Fsp3) is 0.714. The van der Waals surface area contributed by atoms with Crippen LogP contribution in [0, 0.1) is 5.92 Å². The molecule has 2 heteroatoms. The lowest BCUT2D eigenvalue weighted by Crippen LogP contribution is -2.04. The summed E-state index contributed by atoms with van der Waals surface area (Å²) < 4.78 is 0. The van der Waals surface area contributed by atoms with Gasteiger partial charge in [-0.1, -0.05) is 13.8 Å². The molecule has 0 atom stereocenters. The van der Waals surface area contributed by atoms with Gasteiger partial charge in [0.15, 0.2) is 0 Å². The number of aliphatic hydroxyl groups is 1. The molecule has 0 bridgehead atoms. The highest BCUT2D eigenvalue weighted by Gasteiger charge is 2.00. The molecule has 0 fully saturated rings. The van der Waals surface area contributed by atoms with Crippen LogP contribution in [0.5, 0.6) is 0 Å². The lowest BCUT2D eigenvalue weighted by atomic mass is 10.0. The summed E-state index contributed by atoms with van der Waals surface area (Å²) in [5.74, 6) is 0.415. The van der Waals surface area contributed by atoms with Gasteiger partial charge in [-0.15, -0.1) is 0 Å². The van der Waals surface area contributed by atoms with Gasteiger partial charge in [0.05, 0.1) is 6.26 Å². The Hall–Kier alpha value is -0.500. The first kappa shape index (κ1) is 8.50. The van der Waals surface area contributed by atoms with Gasteiger partial charge < -0.3 is 10.8 Å². The molecule has 0 rings (SSSR count). The Morgan fingerprint density at radius 3 is 2.33 bits per heavy atom. The molecular formula is C7H15NO. The number of hydrogen-bond donors (Lipinski definition) is 2. The third-order valence-corrected chi connectivity index (χ3v) is 1.34. The normalized spacial score (nSPS) is 12.7. The third kappa shape index (κ3) is 3.14. The van der Waals surface area contributed by atoms with Crippen molar-refractivity contribution < 1.29 is 5.11 Å². The topological polar surface area (TPSA) is 46.2 Å². The Labute approximate surface area is 56.4 Å². The van der Waals surface area contributed by atoms with Crippen LogP contribution in [-0.2, 0) is 0 Å². The highest BCUT2D eigenvalue weighted by Crippen LogP contribution is 2.10. The van der Waals surface area contributed by atoms with Crippen LogP contribution in [0.3, 0.4) is 0 Å². The second-order valence-corrected chi connectivity index (χ2v) is 2.40. The first-order valence-electron chi connectivity index (χ1n) is 3.25. The molecule has 0 aliphatic heterocycles. The van der Waals surface area contributed by atoms with Crippen molar-refractivity contribution in [3.8, 4) is 0 Å². The SMILES string of the molecule is CC(C)/C(=C/O)CCN. The standard InChI is InChI=1S/C7H15NO/c1-6(2)7(5-9)3-4-8/h5-6,9H,3-4,8H2,1-2H3/b7-5+. The second kappa shape index (κ2) is 4.39. The molecule has 0 unspecified atom stereocenters. The summed E-state index contributed by atoms with van der Waals surface area (Å²) in [6.45, 7) is 4.69. The van der Waals surface area contributed by atoms with E-state index >= 15 is 0 Å².